The van der Waals surface area contributed by atoms with Crippen LogP contribution in [0.4, 0.5) is 13.2 Å². The molecule has 1 N–H and O–H groups in total. The van der Waals surface area contributed by atoms with Crippen molar-refractivity contribution in [2.24, 2.45) is 0 Å². The van der Waals surface area contributed by atoms with Crippen LogP contribution in [0.3, 0.4) is 0 Å². The van der Waals surface area contributed by atoms with E-state index in [1.165, 1.54) is 25.5 Å². The van der Waals surface area contributed by atoms with Crippen molar-refractivity contribution in [3.63, 3.8) is 0 Å². The van der Waals surface area contributed by atoms with Crippen LogP contribution >= 0.6 is 0 Å². The van der Waals surface area contributed by atoms with Gasteiger partial charge in [-0.25, -0.2) is 8.42 Å². The van der Waals surface area contributed by atoms with Gasteiger partial charge in [-0.15, -0.1) is 0 Å². The summed E-state index contributed by atoms with van der Waals surface area (Å²) in [4.78, 5) is 14.9. The summed E-state index contributed by atoms with van der Waals surface area (Å²) in [5, 5.41) is 0.629. The molecule has 0 spiro atoms. The average molecular weight is 492 g/mol. The van der Waals surface area contributed by atoms with Crippen molar-refractivity contribution < 1.29 is 30.7 Å². The van der Waals surface area contributed by atoms with Crippen LogP contribution in [-0.4, -0.2) is 24.8 Å². The molecule has 0 amide bonds. The van der Waals surface area contributed by atoms with E-state index in [0.717, 1.165) is 22.5 Å². The number of rotatable bonds is 7. The summed E-state index contributed by atoms with van der Waals surface area (Å²) >= 11 is 0. The van der Waals surface area contributed by atoms with Gasteiger partial charge in [0.1, 0.15) is 11.5 Å². The third kappa shape index (κ3) is 4.85. The number of furan rings is 1. The second kappa shape index (κ2) is 8.99. The average Bonchev–Trinajstić information content (AvgIpc) is 3.31. The Morgan fingerprint density at radius 2 is 1.82 bits per heavy atom. The Balaban J connectivity index is 1.77. The lowest BCUT2D eigenvalue weighted by molar-refractivity contribution is -0.137. The maximum atomic E-state index is 13.4. The van der Waals surface area contributed by atoms with Gasteiger partial charge in [0.25, 0.3) is 5.56 Å². The van der Waals surface area contributed by atoms with Crippen molar-refractivity contribution in [3.05, 3.63) is 94.2 Å². The van der Waals surface area contributed by atoms with Crippen LogP contribution in [-0.2, 0) is 29.3 Å². The van der Waals surface area contributed by atoms with Gasteiger partial charge in [-0.05, 0) is 53.9 Å². The predicted octanol–water partition coefficient (Wildman–Crippen LogP) is 4.54. The number of sulfonamides is 1. The molecule has 34 heavy (non-hydrogen) atoms. The summed E-state index contributed by atoms with van der Waals surface area (Å²) in [6.45, 7) is -0.678. The first-order valence-electron chi connectivity index (χ1n) is 9.97. The van der Waals surface area contributed by atoms with Crippen LogP contribution < -0.4 is 10.3 Å². The van der Waals surface area contributed by atoms with Gasteiger partial charge in [0, 0.05) is 18.2 Å². The van der Waals surface area contributed by atoms with Gasteiger partial charge >= 0.3 is 6.18 Å². The molecule has 4 rings (SSSR count). The standard InChI is InChI=1S/C23H19F3N2O5S/c1-32-18-8-7-15-10-16(22(29)27-21(15)12-18)13-28(14-19-5-3-9-33-19)34(30,31)20-6-2-4-17(11-20)23(24,25)26/h2-12H,13-14H2,1H3,(H,27,29). The summed E-state index contributed by atoms with van der Waals surface area (Å²) < 4.78 is 77.6. The van der Waals surface area contributed by atoms with E-state index < -0.39 is 38.8 Å². The summed E-state index contributed by atoms with van der Waals surface area (Å²) in [6.07, 6.45) is -3.37. The second-order valence-corrected chi connectivity index (χ2v) is 9.39. The zero-order valence-electron chi connectivity index (χ0n) is 17.8. The van der Waals surface area contributed by atoms with E-state index in [9.17, 15) is 26.4 Å². The van der Waals surface area contributed by atoms with Crippen molar-refractivity contribution in [1.82, 2.24) is 9.29 Å². The van der Waals surface area contributed by atoms with Crippen LogP contribution in [0.25, 0.3) is 10.9 Å². The van der Waals surface area contributed by atoms with E-state index in [0.29, 0.717) is 22.7 Å². The minimum atomic E-state index is -4.71. The highest BCUT2D eigenvalue weighted by molar-refractivity contribution is 7.89. The monoisotopic (exact) mass is 492 g/mol. The fraction of sp³-hybridized carbons (Fsp3) is 0.174. The Kier molecular flexibility index (Phi) is 6.24. The SMILES string of the molecule is COc1ccc2cc(CN(Cc3ccco3)S(=O)(=O)c3cccc(C(F)(F)F)c3)c(=O)[nH]c2c1. The zero-order valence-corrected chi connectivity index (χ0v) is 18.6. The number of ether oxygens (including phenoxy) is 1. The lowest BCUT2D eigenvalue weighted by atomic mass is 10.1. The van der Waals surface area contributed by atoms with E-state index in [4.69, 9.17) is 9.15 Å². The van der Waals surface area contributed by atoms with Crippen molar-refractivity contribution >= 4 is 20.9 Å². The molecule has 0 fully saturated rings. The number of fused-ring (bicyclic) bond motifs is 1. The summed E-state index contributed by atoms with van der Waals surface area (Å²) in [5.74, 6) is 0.792. The molecule has 0 aliphatic carbocycles. The number of alkyl halides is 3. The summed E-state index contributed by atoms with van der Waals surface area (Å²) in [6, 6.07) is 13.1. The first-order valence-corrected chi connectivity index (χ1v) is 11.4. The van der Waals surface area contributed by atoms with E-state index in [1.54, 1.807) is 24.3 Å². The molecular weight excluding hydrogens is 473 g/mol. The fourth-order valence-corrected chi connectivity index (χ4v) is 4.87. The third-order valence-electron chi connectivity index (χ3n) is 5.19. The molecule has 178 valence electrons. The molecule has 11 heteroatoms. The van der Waals surface area contributed by atoms with Crippen LogP contribution in [0.15, 0.2) is 81.0 Å². The molecule has 2 heterocycles. The van der Waals surface area contributed by atoms with E-state index in [-0.39, 0.29) is 17.9 Å². The normalized spacial score (nSPS) is 12.4. The van der Waals surface area contributed by atoms with E-state index >= 15 is 0 Å². The number of methoxy groups -OCH3 is 1. The first kappa shape index (κ1) is 23.6. The number of nitrogens with one attached hydrogen (secondary N) is 1. The van der Waals surface area contributed by atoms with Gasteiger partial charge in [-0.3, -0.25) is 4.79 Å². The highest BCUT2D eigenvalue weighted by Gasteiger charge is 2.33. The molecule has 0 aliphatic heterocycles. The summed E-state index contributed by atoms with van der Waals surface area (Å²) in [5.41, 5.74) is -1.03. The van der Waals surface area contributed by atoms with Crippen LogP contribution in [0, 0.1) is 0 Å². The maximum Gasteiger partial charge on any atom is 0.416 e. The van der Waals surface area contributed by atoms with Gasteiger partial charge < -0.3 is 14.1 Å². The highest BCUT2D eigenvalue weighted by atomic mass is 32.2. The highest BCUT2D eigenvalue weighted by Crippen LogP contribution is 2.32. The number of benzene rings is 2. The van der Waals surface area contributed by atoms with Gasteiger partial charge in [0.05, 0.1) is 35.9 Å². The van der Waals surface area contributed by atoms with Crippen LogP contribution in [0.5, 0.6) is 5.75 Å². The molecule has 4 aromatic rings. The number of pyridine rings is 1. The predicted molar refractivity (Wildman–Crippen MR) is 118 cm³/mol. The molecule has 0 atom stereocenters. The van der Waals surface area contributed by atoms with Gasteiger partial charge in [-0.2, -0.15) is 17.5 Å². The van der Waals surface area contributed by atoms with Gasteiger partial charge in [0.15, 0.2) is 0 Å². The Labute approximate surface area is 192 Å². The molecule has 0 bridgehead atoms. The molecule has 2 aromatic heterocycles. The third-order valence-corrected chi connectivity index (χ3v) is 6.98. The minimum absolute atomic E-state index is 0.111. The Morgan fingerprint density at radius 3 is 2.50 bits per heavy atom. The van der Waals surface area contributed by atoms with Gasteiger partial charge in [0.2, 0.25) is 10.0 Å². The van der Waals surface area contributed by atoms with E-state index in [2.05, 4.69) is 4.98 Å². The molecule has 0 aliphatic rings. The molecular formula is C23H19F3N2O5S. The van der Waals surface area contributed by atoms with Crippen molar-refractivity contribution in [1.29, 1.82) is 0 Å². The number of aromatic amines is 1. The number of hydrogen-bond donors (Lipinski definition) is 1. The first-order chi connectivity index (χ1) is 16.1. The Hall–Kier alpha value is -3.57. The molecule has 2 aromatic carbocycles. The molecule has 0 unspecified atom stereocenters. The number of hydrogen-bond acceptors (Lipinski definition) is 5. The maximum absolute atomic E-state index is 13.4. The van der Waals surface area contributed by atoms with Crippen molar-refractivity contribution in [2.75, 3.05) is 7.11 Å². The second-order valence-electron chi connectivity index (χ2n) is 7.45. The topological polar surface area (TPSA) is 92.6 Å². The van der Waals surface area contributed by atoms with Crippen LogP contribution in [0.2, 0.25) is 0 Å². The Bertz CT molecular complexity index is 1480. The number of nitrogens with zero attached hydrogens (tertiary/aromatic N) is 1. The van der Waals surface area contributed by atoms with Gasteiger partial charge in [-0.1, -0.05) is 6.07 Å². The number of aromatic nitrogens is 1. The lowest BCUT2D eigenvalue weighted by Gasteiger charge is -2.22. The smallest absolute Gasteiger partial charge is 0.416 e. The largest absolute Gasteiger partial charge is 0.497 e. The number of H-pyrrole nitrogens is 1. The van der Waals surface area contributed by atoms with E-state index in [1.807, 2.05) is 0 Å². The molecule has 0 saturated carbocycles. The van der Waals surface area contributed by atoms with Crippen molar-refractivity contribution in [3.8, 4) is 5.75 Å². The summed E-state index contributed by atoms with van der Waals surface area (Å²) in [7, 11) is -2.95. The Morgan fingerprint density at radius 1 is 1.03 bits per heavy atom. The quantitative estimate of drug-likeness (QED) is 0.409. The lowest BCUT2D eigenvalue weighted by Crippen LogP contribution is -2.32. The molecule has 0 radical (unpaired) electrons. The minimum Gasteiger partial charge on any atom is -0.497 e. The fourth-order valence-electron chi connectivity index (χ4n) is 3.44. The zero-order chi connectivity index (χ0) is 24.5. The van der Waals surface area contributed by atoms with Crippen molar-refractivity contribution in [2.45, 2.75) is 24.2 Å². The van der Waals surface area contributed by atoms with Crippen LogP contribution in [0.1, 0.15) is 16.9 Å². The molecule has 7 nitrogen and oxygen atoms in total. The number of halogens is 3. The molecule has 0 saturated heterocycles.